The van der Waals surface area contributed by atoms with Crippen molar-refractivity contribution < 1.29 is 0 Å². The molecular formula is C8H23B3. The van der Waals surface area contributed by atoms with E-state index >= 15 is 0 Å². The molecule has 0 aromatic heterocycles. The van der Waals surface area contributed by atoms with E-state index in [1.807, 2.05) is 0 Å². The Morgan fingerprint density at radius 2 is 1.55 bits per heavy atom. The minimum Gasteiger partial charge on any atom is -0.0918 e. The number of rotatable bonds is 5. The molecule has 0 amide bonds. The lowest BCUT2D eigenvalue weighted by molar-refractivity contribution is 0.702. The topological polar surface area (TPSA) is 0 Å². The molecular weight excluding hydrogens is 129 g/mol. The maximum Gasteiger partial charge on any atom is 0.0999 e. The van der Waals surface area contributed by atoms with Crippen LogP contribution >= 0.6 is 0 Å². The molecule has 0 aliphatic heterocycles. The summed E-state index contributed by atoms with van der Waals surface area (Å²) in [5, 5.41) is 0. The van der Waals surface area contributed by atoms with Crippen LogP contribution in [0.5, 0.6) is 0 Å². The van der Waals surface area contributed by atoms with E-state index in [1.54, 1.807) is 0 Å². The van der Waals surface area contributed by atoms with Gasteiger partial charge in [0.1, 0.15) is 0 Å². The first-order valence-corrected chi connectivity index (χ1v) is 5.33. The van der Waals surface area contributed by atoms with Crippen LogP contribution in [0.4, 0.5) is 0 Å². The third-order valence-electron chi connectivity index (χ3n) is 1.66. The highest BCUT2D eigenvalue weighted by Crippen LogP contribution is 1.95. The zero-order valence-electron chi connectivity index (χ0n) is 8.95. The van der Waals surface area contributed by atoms with Crippen LogP contribution in [0, 0.1) is 0 Å². The first-order chi connectivity index (χ1) is 5.33. The Morgan fingerprint density at radius 3 is 1.64 bits per heavy atom. The zero-order valence-corrected chi connectivity index (χ0v) is 8.95. The van der Waals surface area contributed by atoms with Crippen molar-refractivity contribution >= 4 is 22.8 Å². The summed E-state index contributed by atoms with van der Waals surface area (Å²) in [5.41, 5.74) is 0. The summed E-state index contributed by atoms with van der Waals surface area (Å²) in [7, 11) is 5.77. The Balaban J connectivity index is 0. The van der Waals surface area contributed by atoms with Gasteiger partial charge in [-0.3, -0.25) is 0 Å². The van der Waals surface area contributed by atoms with Crippen LogP contribution in [-0.2, 0) is 0 Å². The fourth-order valence-electron chi connectivity index (χ4n) is 0.854. The van der Waals surface area contributed by atoms with Crippen LogP contribution in [0.2, 0.25) is 12.6 Å². The van der Waals surface area contributed by atoms with E-state index in [-0.39, 0.29) is 0 Å². The van der Waals surface area contributed by atoms with E-state index in [0.29, 0.717) is 0 Å². The number of unbranched alkanes of at least 4 members (excludes halogenated alkanes) is 3. The quantitative estimate of drug-likeness (QED) is 0.407. The molecule has 11 heavy (non-hydrogen) atoms. The van der Waals surface area contributed by atoms with Crippen LogP contribution in [0.3, 0.4) is 0 Å². The third kappa shape index (κ3) is 25.4. The highest BCUT2D eigenvalue weighted by atomic mass is 13.8. The molecule has 0 fully saturated rings. The van der Waals surface area contributed by atoms with Crippen LogP contribution in [0.15, 0.2) is 0 Å². The normalized spacial score (nSPS) is 8.18. The SMILES string of the molecule is BBCCB.CCCCCC. The first kappa shape index (κ1) is 13.8. The molecule has 0 saturated carbocycles. The van der Waals surface area contributed by atoms with Crippen LogP contribution in [0.1, 0.15) is 39.5 Å². The smallest absolute Gasteiger partial charge is 0.0918 e. The molecule has 0 unspecified atom stereocenters. The highest BCUT2D eigenvalue weighted by molar-refractivity contribution is 6.89. The Bertz CT molecular complexity index is 42.6. The van der Waals surface area contributed by atoms with Gasteiger partial charge in [0.25, 0.3) is 0 Å². The average molecular weight is 152 g/mol. The highest BCUT2D eigenvalue weighted by Gasteiger charge is 1.75. The molecule has 64 valence electrons. The van der Waals surface area contributed by atoms with Gasteiger partial charge in [0.05, 0.1) is 22.8 Å². The summed E-state index contributed by atoms with van der Waals surface area (Å²) in [6.07, 6.45) is 8.27. The molecule has 0 bridgehead atoms. The van der Waals surface area contributed by atoms with Gasteiger partial charge >= 0.3 is 0 Å². The van der Waals surface area contributed by atoms with Gasteiger partial charge in [-0.1, -0.05) is 52.2 Å². The summed E-state index contributed by atoms with van der Waals surface area (Å²) < 4.78 is 0. The van der Waals surface area contributed by atoms with Crippen molar-refractivity contribution in [3.63, 3.8) is 0 Å². The van der Waals surface area contributed by atoms with Crippen LogP contribution < -0.4 is 0 Å². The van der Waals surface area contributed by atoms with Crippen molar-refractivity contribution in [1.82, 2.24) is 0 Å². The summed E-state index contributed by atoms with van der Waals surface area (Å²) in [4.78, 5) is 0. The van der Waals surface area contributed by atoms with E-state index in [4.69, 9.17) is 0 Å². The molecule has 3 heteroatoms. The molecule has 0 heterocycles. The lowest BCUT2D eigenvalue weighted by Gasteiger charge is -1.86. The predicted octanol–water partition coefficient (Wildman–Crippen LogP) is 1.03. The summed E-state index contributed by atoms with van der Waals surface area (Å²) in [6, 6.07) is 0. The van der Waals surface area contributed by atoms with Gasteiger partial charge < -0.3 is 0 Å². The number of hydrogen-bond donors (Lipinski definition) is 0. The van der Waals surface area contributed by atoms with E-state index in [1.165, 1.54) is 45.5 Å². The fraction of sp³-hybridized carbons (Fsp3) is 1.00. The standard InChI is InChI=1S/C6H14.C2H9B3/c1-3-5-6-4-2;3-1-2-5-4/h3-6H2,1-2H3;5H,1-4H2. The molecule has 0 aromatic carbocycles. The molecule has 0 nitrogen and oxygen atoms in total. The van der Waals surface area contributed by atoms with Crippen LogP contribution in [0.25, 0.3) is 0 Å². The van der Waals surface area contributed by atoms with E-state index in [9.17, 15) is 0 Å². The molecule has 0 aromatic rings. The minimum atomic E-state index is 1.34. The van der Waals surface area contributed by atoms with Gasteiger partial charge in [-0.2, -0.15) is 0 Å². The molecule has 0 radical (unpaired) electrons. The van der Waals surface area contributed by atoms with Gasteiger partial charge in [-0.25, -0.2) is 0 Å². The minimum absolute atomic E-state index is 1.34. The maximum absolute atomic E-state index is 2.23. The molecule has 0 spiro atoms. The third-order valence-corrected chi connectivity index (χ3v) is 1.66. The summed E-state index contributed by atoms with van der Waals surface area (Å²) in [5.74, 6) is 0. The van der Waals surface area contributed by atoms with E-state index in [0.717, 1.165) is 0 Å². The fourth-order valence-corrected chi connectivity index (χ4v) is 0.854. The molecule has 0 atom stereocenters. The summed E-state index contributed by atoms with van der Waals surface area (Å²) in [6.45, 7) is 4.46. The number of hydrogen-bond acceptors (Lipinski definition) is 0. The largest absolute Gasteiger partial charge is 0.0999 e. The Kier molecular flexibility index (Phi) is 20.8. The van der Waals surface area contributed by atoms with Crippen LogP contribution in [-0.4, -0.2) is 22.8 Å². The van der Waals surface area contributed by atoms with Gasteiger partial charge in [-0.05, 0) is 0 Å². The predicted molar refractivity (Wildman–Crippen MR) is 63.7 cm³/mol. The van der Waals surface area contributed by atoms with Gasteiger partial charge in [0.2, 0.25) is 0 Å². The van der Waals surface area contributed by atoms with Crippen molar-refractivity contribution in [2.24, 2.45) is 0 Å². The van der Waals surface area contributed by atoms with Gasteiger partial charge in [0, 0.05) is 0 Å². The van der Waals surface area contributed by atoms with Crippen molar-refractivity contribution in [2.75, 3.05) is 0 Å². The Hall–Kier alpha value is 0.195. The van der Waals surface area contributed by atoms with Crippen molar-refractivity contribution in [3.05, 3.63) is 0 Å². The van der Waals surface area contributed by atoms with E-state index in [2.05, 4.69) is 29.4 Å². The van der Waals surface area contributed by atoms with Gasteiger partial charge in [-0.15, -0.1) is 0 Å². The maximum atomic E-state index is 2.23. The Morgan fingerprint density at radius 1 is 1.09 bits per heavy atom. The molecule has 0 aliphatic carbocycles. The molecule has 0 aliphatic rings. The van der Waals surface area contributed by atoms with E-state index < -0.39 is 0 Å². The monoisotopic (exact) mass is 152 g/mol. The lowest BCUT2D eigenvalue weighted by Crippen LogP contribution is -1.83. The summed E-state index contributed by atoms with van der Waals surface area (Å²) >= 11 is 0. The molecule has 0 rings (SSSR count). The zero-order chi connectivity index (χ0) is 8.95. The molecule has 0 N–H and O–H groups in total. The van der Waals surface area contributed by atoms with Crippen molar-refractivity contribution in [2.45, 2.75) is 52.2 Å². The lowest BCUT2D eigenvalue weighted by atomic mass is 9.52. The Labute approximate surface area is 75.6 Å². The van der Waals surface area contributed by atoms with Gasteiger partial charge in [0.15, 0.2) is 0 Å². The molecule has 0 saturated heterocycles. The second-order valence-electron chi connectivity index (χ2n) is 3.06. The second kappa shape index (κ2) is 16.7. The second-order valence-corrected chi connectivity index (χ2v) is 3.06. The average Bonchev–Trinajstić information content (AvgIpc) is 2.04. The van der Waals surface area contributed by atoms with Crippen molar-refractivity contribution in [1.29, 1.82) is 0 Å². The van der Waals surface area contributed by atoms with Crippen molar-refractivity contribution in [3.8, 4) is 0 Å². The first-order valence-electron chi connectivity index (χ1n) is 5.33.